The van der Waals surface area contributed by atoms with Crippen LogP contribution in [0.15, 0.2) is 36.4 Å². The van der Waals surface area contributed by atoms with Crippen molar-refractivity contribution in [1.29, 1.82) is 0 Å². The summed E-state index contributed by atoms with van der Waals surface area (Å²) in [6, 6.07) is 8.76. The molecule has 0 aliphatic carbocycles. The quantitative estimate of drug-likeness (QED) is 0.878. The average molecular weight is 316 g/mol. The summed E-state index contributed by atoms with van der Waals surface area (Å²) in [5.74, 6) is -1.24. The van der Waals surface area contributed by atoms with E-state index in [1.165, 1.54) is 18.2 Å². The van der Waals surface area contributed by atoms with Gasteiger partial charge in [0.25, 0.3) is 0 Å². The molecule has 1 unspecified atom stereocenters. The Morgan fingerprint density at radius 3 is 2.35 bits per heavy atom. The summed E-state index contributed by atoms with van der Waals surface area (Å²) >= 11 is 0. The zero-order valence-corrected chi connectivity index (χ0v) is 12.2. The Balaban J connectivity index is 1.83. The third-order valence-electron chi connectivity index (χ3n) is 3.54. The van der Waals surface area contributed by atoms with E-state index >= 15 is 0 Å². The van der Waals surface area contributed by atoms with Gasteiger partial charge in [-0.25, -0.2) is 9.18 Å². The number of halogens is 1. The predicted octanol–water partition coefficient (Wildman–Crippen LogP) is 2.74. The third kappa shape index (κ3) is 3.01. The van der Waals surface area contributed by atoms with Gasteiger partial charge in [-0.1, -0.05) is 12.1 Å². The highest BCUT2D eigenvalue weighted by atomic mass is 19.1. The van der Waals surface area contributed by atoms with Crippen molar-refractivity contribution in [3.63, 3.8) is 0 Å². The van der Waals surface area contributed by atoms with Crippen LogP contribution in [-0.2, 0) is 11.2 Å². The van der Waals surface area contributed by atoms with Crippen LogP contribution < -0.4 is 9.47 Å². The molecule has 6 heteroatoms. The van der Waals surface area contributed by atoms with E-state index in [1.807, 2.05) is 0 Å². The number of aryl methyl sites for hydroxylation is 1. The maximum Gasteiger partial charge on any atom is 0.387 e. The monoisotopic (exact) mass is 316 g/mol. The number of hydrogen-bond acceptors (Lipinski definition) is 4. The highest BCUT2D eigenvalue weighted by molar-refractivity contribution is 5.99. The van der Waals surface area contributed by atoms with Crippen molar-refractivity contribution in [3.05, 3.63) is 58.9 Å². The maximum absolute atomic E-state index is 12.9. The van der Waals surface area contributed by atoms with Crippen molar-refractivity contribution >= 4 is 11.8 Å². The Morgan fingerprint density at radius 1 is 1.13 bits per heavy atom. The van der Waals surface area contributed by atoms with Gasteiger partial charge in [-0.3, -0.25) is 4.79 Å². The van der Waals surface area contributed by atoms with Crippen molar-refractivity contribution in [2.45, 2.75) is 19.6 Å². The lowest BCUT2D eigenvalue weighted by atomic mass is 9.98. The molecule has 1 atom stereocenters. The average Bonchev–Trinajstić information content (AvgIpc) is 2.91. The van der Waals surface area contributed by atoms with Gasteiger partial charge in [0.1, 0.15) is 5.82 Å². The van der Waals surface area contributed by atoms with Gasteiger partial charge in [-0.2, -0.15) is 0 Å². The molecule has 0 saturated carbocycles. The van der Waals surface area contributed by atoms with Gasteiger partial charge in [0, 0.05) is 12.0 Å². The van der Waals surface area contributed by atoms with Crippen molar-refractivity contribution in [1.82, 2.24) is 0 Å². The molecule has 0 bridgehead atoms. The van der Waals surface area contributed by atoms with Crippen LogP contribution in [0.3, 0.4) is 0 Å². The van der Waals surface area contributed by atoms with Crippen LogP contribution in [0.25, 0.3) is 0 Å². The summed E-state index contributed by atoms with van der Waals surface area (Å²) in [6.07, 6.45) is -1.28. The Hall–Kier alpha value is -2.89. The zero-order chi connectivity index (χ0) is 16.6. The molecule has 23 heavy (non-hydrogen) atoms. The number of carboxylic acid groups (broad SMARTS) is 1. The Kier molecular flexibility index (Phi) is 3.73. The molecule has 0 amide bonds. The zero-order valence-electron chi connectivity index (χ0n) is 12.2. The minimum Gasteiger partial charge on any atom is -0.476 e. The number of rotatable bonds is 4. The molecule has 1 aliphatic heterocycles. The first kappa shape index (κ1) is 15.0. The Labute approximate surface area is 131 Å². The van der Waals surface area contributed by atoms with E-state index in [-0.39, 0.29) is 23.8 Å². The molecule has 1 aliphatic rings. The number of ketones is 1. The molecule has 0 fully saturated rings. The van der Waals surface area contributed by atoms with Crippen LogP contribution in [-0.4, -0.2) is 23.1 Å². The van der Waals surface area contributed by atoms with Gasteiger partial charge in [0.15, 0.2) is 17.3 Å². The normalized spacial score (nSPS) is 15.5. The highest BCUT2D eigenvalue weighted by Crippen LogP contribution is 2.37. The summed E-state index contributed by atoms with van der Waals surface area (Å²) in [7, 11) is 0. The first-order valence-electron chi connectivity index (χ1n) is 6.92. The summed E-state index contributed by atoms with van der Waals surface area (Å²) in [6.45, 7) is 1.73. The molecule has 2 aromatic rings. The number of carbonyl (C=O) groups is 2. The second kappa shape index (κ2) is 5.72. The molecule has 1 heterocycles. The number of ether oxygens (including phenoxy) is 2. The van der Waals surface area contributed by atoms with Crippen LogP contribution in [0.5, 0.6) is 11.5 Å². The summed E-state index contributed by atoms with van der Waals surface area (Å²) in [4.78, 5) is 23.3. The first-order chi connectivity index (χ1) is 10.9. The fourth-order valence-corrected chi connectivity index (χ4v) is 2.38. The molecule has 2 aromatic carbocycles. The van der Waals surface area contributed by atoms with E-state index in [2.05, 4.69) is 0 Å². The Morgan fingerprint density at radius 2 is 1.74 bits per heavy atom. The van der Waals surface area contributed by atoms with Crippen LogP contribution in [0, 0.1) is 12.7 Å². The minimum atomic E-state index is -1.40. The van der Waals surface area contributed by atoms with Crippen LogP contribution in [0.4, 0.5) is 4.39 Å². The Bertz CT molecular complexity index is 782. The summed E-state index contributed by atoms with van der Waals surface area (Å²) in [5, 5.41) is 8.90. The van der Waals surface area contributed by atoms with Crippen LogP contribution in [0.1, 0.15) is 21.5 Å². The third-order valence-corrected chi connectivity index (χ3v) is 3.54. The number of benzene rings is 2. The van der Waals surface area contributed by atoms with Crippen molar-refractivity contribution in [2.75, 3.05) is 0 Å². The molecule has 0 saturated heterocycles. The van der Waals surface area contributed by atoms with E-state index < -0.39 is 12.3 Å². The molecule has 118 valence electrons. The van der Waals surface area contributed by atoms with E-state index in [1.54, 1.807) is 25.1 Å². The number of Topliss-reactive ketones (excluding diaryl/α,β-unsaturated/α-hetero) is 1. The molecule has 0 radical (unpaired) electrons. The lowest BCUT2D eigenvalue weighted by Gasteiger charge is -2.07. The topological polar surface area (TPSA) is 72.8 Å². The van der Waals surface area contributed by atoms with Gasteiger partial charge in [0.2, 0.25) is 0 Å². The fourth-order valence-electron chi connectivity index (χ4n) is 2.38. The standard InChI is InChI=1S/C17H13FO5/c1-9-6-14-15(23-17(22-14)16(20)21)8-12(9)13(19)7-10-2-4-11(18)5-3-10/h2-6,8,17H,7H2,1H3,(H,20,21). The molecule has 0 aromatic heterocycles. The number of carboxylic acids is 1. The summed E-state index contributed by atoms with van der Waals surface area (Å²) in [5.41, 5.74) is 1.77. The number of fused-ring (bicyclic) bond motifs is 1. The summed E-state index contributed by atoms with van der Waals surface area (Å²) < 4.78 is 23.2. The van der Waals surface area contributed by atoms with Gasteiger partial charge in [0.05, 0.1) is 0 Å². The largest absolute Gasteiger partial charge is 0.476 e. The van der Waals surface area contributed by atoms with Crippen LogP contribution in [0.2, 0.25) is 0 Å². The molecular weight excluding hydrogens is 303 g/mol. The maximum atomic E-state index is 12.9. The van der Waals surface area contributed by atoms with E-state index in [4.69, 9.17) is 14.6 Å². The molecular formula is C17H13FO5. The minimum absolute atomic E-state index is 0.114. The van der Waals surface area contributed by atoms with E-state index in [0.717, 1.165) is 0 Å². The van der Waals surface area contributed by atoms with Crippen molar-refractivity contribution in [2.24, 2.45) is 0 Å². The van der Waals surface area contributed by atoms with Crippen molar-refractivity contribution in [3.8, 4) is 11.5 Å². The SMILES string of the molecule is Cc1cc2c(cc1C(=O)Cc1ccc(F)cc1)OC(C(=O)O)O2. The first-order valence-corrected chi connectivity index (χ1v) is 6.92. The lowest BCUT2D eigenvalue weighted by molar-refractivity contribution is -0.154. The second-order valence-electron chi connectivity index (χ2n) is 5.25. The number of carbonyl (C=O) groups excluding carboxylic acids is 1. The number of aliphatic carboxylic acids is 1. The highest BCUT2D eigenvalue weighted by Gasteiger charge is 2.31. The van der Waals surface area contributed by atoms with E-state index in [0.29, 0.717) is 22.4 Å². The molecule has 5 nitrogen and oxygen atoms in total. The number of hydrogen-bond donors (Lipinski definition) is 1. The second-order valence-corrected chi connectivity index (χ2v) is 5.25. The molecule has 1 N–H and O–H groups in total. The van der Waals surface area contributed by atoms with Crippen molar-refractivity contribution < 1.29 is 28.6 Å². The lowest BCUT2D eigenvalue weighted by Crippen LogP contribution is -2.28. The fraction of sp³-hybridized carbons (Fsp3) is 0.176. The molecule has 0 spiro atoms. The van der Waals surface area contributed by atoms with Gasteiger partial charge in [-0.15, -0.1) is 0 Å². The van der Waals surface area contributed by atoms with Gasteiger partial charge < -0.3 is 14.6 Å². The molecule has 3 rings (SSSR count). The van der Waals surface area contributed by atoms with Gasteiger partial charge >= 0.3 is 12.3 Å². The smallest absolute Gasteiger partial charge is 0.387 e. The van der Waals surface area contributed by atoms with E-state index in [9.17, 15) is 14.0 Å². The predicted molar refractivity (Wildman–Crippen MR) is 78.3 cm³/mol. The van der Waals surface area contributed by atoms with Gasteiger partial charge in [-0.05, 0) is 42.3 Å². The van der Waals surface area contributed by atoms with Crippen LogP contribution >= 0.6 is 0 Å².